The zero-order chi connectivity index (χ0) is 26.0. The van der Waals surface area contributed by atoms with Crippen molar-refractivity contribution in [3.8, 4) is 5.75 Å². The Kier molecular flexibility index (Phi) is 7.59. The topological polar surface area (TPSA) is 98.4 Å². The minimum atomic E-state index is -4.61. The number of benzene rings is 1. The number of aromatic nitrogens is 4. The lowest BCUT2D eigenvalue weighted by molar-refractivity contribution is -0.202. The number of fused-ring (bicyclic) bond motifs is 1. The summed E-state index contributed by atoms with van der Waals surface area (Å²) in [5.74, 6) is 1.41. The Morgan fingerprint density at radius 3 is 2.76 bits per heavy atom. The van der Waals surface area contributed by atoms with Crippen LogP contribution in [0.15, 0.2) is 30.7 Å². The summed E-state index contributed by atoms with van der Waals surface area (Å²) >= 11 is 0. The Morgan fingerprint density at radius 1 is 1.22 bits per heavy atom. The highest BCUT2D eigenvalue weighted by Crippen LogP contribution is 2.33. The first-order chi connectivity index (χ1) is 17.8. The van der Waals surface area contributed by atoms with Crippen molar-refractivity contribution in [2.24, 2.45) is 7.05 Å². The molecule has 37 heavy (non-hydrogen) atoms. The number of nitrogens with one attached hydrogen (secondary N) is 2. The van der Waals surface area contributed by atoms with E-state index >= 15 is 0 Å². The quantitative estimate of drug-likeness (QED) is 0.410. The van der Waals surface area contributed by atoms with Crippen LogP contribution in [-0.2, 0) is 11.8 Å². The van der Waals surface area contributed by atoms with Crippen molar-refractivity contribution >= 4 is 22.5 Å². The Labute approximate surface area is 212 Å². The van der Waals surface area contributed by atoms with Crippen LogP contribution in [-0.4, -0.2) is 68.6 Å². The highest BCUT2D eigenvalue weighted by Gasteiger charge is 2.38. The first-order valence-corrected chi connectivity index (χ1v) is 12.8. The molecule has 1 aliphatic carbocycles. The fourth-order valence-electron chi connectivity index (χ4n) is 5.02. The van der Waals surface area contributed by atoms with E-state index in [0.717, 1.165) is 36.2 Å². The molecule has 0 spiro atoms. The molecule has 0 radical (unpaired) electrons. The number of hydrogen-bond donors (Lipinski definition) is 3. The number of anilines is 2. The molecule has 1 saturated heterocycles. The average molecular weight is 523 g/mol. The molecule has 3 aromatic rings. The maximum atomic E-state index is 12.5. The summed E-state index contributed by atoms with van der Waals surface area (Å²) in [5, 5.41) is 20.1. The fraction of sp³-hybridized carbons (Fsp3) is 0.600. The standard InChI is InChI=1S/C25H33F3N6O3/c1-33-15-30-24-20(31-23-8-9-34(32-23)17-3-2-10-36-14-17)11-19(12-21(24)33)37-18-6-4-16(5-7-18)29-13-22(35)25(26,27)28/h8-9,11-12,15-18,22,29,35H,2-7,10,13-14H2,1H3,(H,31,32)/t16?,17-,18?,22+/m0/s1. The van der Waals surface area contributed by atoms with Gasteiger partial charge in [0.25, 0.3) is 0 Å². The lowest BCUT2D eigenvalue weighted by Crippen LogP contribution is -2.44. The van der Waals surface area contributed by atoms with Gasteiger partial charge in [-0.15, -0.1) is 0 Å². The lowest BCUT2D eigenvalue weighted by Gasteiger charge is -2.30. The van der Waals surface area contributed by atoms with Crippen molar-refractivity contribution < 1.29 is 27.8 Å². The van der Waals surface area contributed by atoms with Crippen molar-refractivity contribution in [1.82, 2.24) is 24.6 Å². The van der Waals surface area contributed by atoms with Gasteiger partial charge in [-0.25, -0.2) is 4.98 Å². The van der Waals surface area contributed by atoms with Gasteiger partial charge in [0.2, 0.25) is 0 Å². The molecule has 2 fully saturated rings. The first-order valence-electron chi connectivity index (χ1n) is 12.8. The van der Waals surface area contributed by atoms with Crippen LogP contribution in [0.5, 0.6) is 5.75 Å². The number of ether oxygens (including phenoxy) is 2. The van der Waals surface area contributed by atoms with E-state index in [-0.39, 0.29) is 18.2 Å². The van der Waals surface area contributed by atoms with Crippen LogP contribution < -0.4 is 15.4 Å². The van der Waals surface area contributed by atoms with E-state index in [1.54, 1.807) is 6.33 Å². The van der Waals surface area contributed by atoms with Crippen molar-refractivity contribution in [2.45, 2.75) is 69.0 Å². The zero-order valence-electron chi connectivity index (χ0n) is 20.7. The smallest absolute Gasteiger partial charge is 0.415 e. The van der Waals surface area contributed by atoms with Gasteiger partial charge < -0.3 is 29.8 Å². The van der Waals surface area contributed by atoms with E-state index in [9.17, 15) is 18.3 Å². The number of aryl methyl sites for hydroxylation is 1. The summed E-state index contributed by atoms with van der Waals surface area (Å²) < 4.78 is 53.4. The Morgan fingerprint density at radius 2 is 2.03 bits per heavy atom. The van der Waals surface area contributed by atoms with Gasteiger partial charge in [-0.3, -0.25) is 4.68 Å². The largest absolute Gasteiger partial charge is 0.490 e. The number of imidazole rings is 1. The molecule has 2 aromatic heterocycles. The van der Waals surface area contributed by atoms with Crippen molar-refractivity contribution in [3.05, 3.63) is 30.7 Å². The summed E-state index contributed by atoms with van der Waals surface area (Å²) in [6, 6.07) is 5.96. The number of alkyl halides is 3. The third-order valence-electron chi connectivity index (χ3n) is 7.14. The molecule has 2 aliphatic rings. The molecular formula is C25H33F3N6O3. The van der Waals surface area contributed by atoms with Gasteiger partial charge in [-0.2, -0.15) is 18.3 Å². The van der Waals surface area contributed by atoms with Crippen LogP contribution in [0.2, 0.25) is 0 Å². The molecule has 0 amide bonds. The molecule has 1 aromatic carbocycles. The van der Waals surface area contributed by atoms with Crippen LogP contribution in [0.4, 0.5) is 24.7 Å². The van der Waals surface area contributed by atoms with Crippen LogP contribution in [0.25, 0.3) is 11.0 Å². The number of aliphatic hydroxyl groups is 1. The van der Waals surface area contributed by atoms with Crippen molar-refractivity contribution in [2.75, 3.05) is 25.1 Å². The molecule has 2 atom stereocenters. The number of hydrogen-bond acceptors (Lipinski definition) is 7. The highest BCUT2D eigenvalue weighted by molar-refractivity contribution is 5.91. The molecule has 5 rings (SSSR count). The second-order valence-corrected chi connectivity index (χ2v) is 9.93. The SMILES string of the molecule is Cn1cnc2c(Nc3ccn([C@H]4CCCOC4)n3)cc(OC3CCC(NC[C@@H](O)C(F)(F)F)CC3)cc21. The van der Waals surface area contributed by atoms with Crippen LogP contribution in [0.3, 0.4) is 0 Å². The number of halogens is 3. The molecular weight excluding hydrogens is 489 g/mol. The maximum Gasteiger partial charge on any atom is 0.415 e. The second-order valence-electron chi connectivity index (χ2n) is 9.93. The van der Waals surface area contributed by atoms with E-state index in [1.807, 2.05) is 40.7 Å². The molecule has 202 valence electrons. The molecule has 0 bridgehead atoms. The van der Waals surface area contributed by atoms with Crippen molar-refractivity contribution in [1.29, 1.82) is 0 Å². The summed E-state index contributed by atoms with van der Waals surface area (Å²) in [6.07, 6.45) is 1.54. The first kappa shape index (κ1) is 25.8. The van der Waals surface area contributed by atoms with Crippen molar-refractivity contribution in [3.63, 3.8) is 0 Å². The maximum absolute atomic E-state index is 12.5. The van der Waals surface area contributed by atoms with Gasteiger partial charge in [-0.1, -0.05) is 0 Å². The van der Waals surface area contributed by atoms with Crippen LogP contribution in [0, 0.1) is 0 Å². The van der Waals surface area contributed by atoms with E-state index < -0.39 is 18.8 Å². The minimum absolute atomic E-state index is 0.0466. The van der Waals surface area contributed by atoms with E-state index in [4.69, 9.17) is 14.6 Å². The van der Waals surface area contributed by atoms with Gasteiger partial charge in [0, 0.05) is 50.6 Å². The van der Waals surface area contributed by atoms with Gasteiger partial charge >= 0.3 is 6.18 Å². The van der Waals surface area contributed by atoms with Gasteiger partial charge in [-0.05, 0) is 38.5 Å². The van der Waals surface area contributed by atoms with E-state index in [2.05, 4.69) is 15.6 Å². The van der Waals surface area contributed by atoms with Gasteiger partial charge in [0.05, 0.1) is 36.3 Å². The predicted molar refractivity (Wildman–Crippen MR) is 132 cm³/mol. The van der Waals surface area contributed by atoms with Crippen LogP contribution in [0.1, 0.15) is 44.6 Å². The molecule has 12 heteroatoms. The lowest BCUT2D eigenvalue weighted by atomic mass is 9.93. The third-order valence-corrected chi connectivity index (χ3v) is 7.14. The monoisotopic (exact) mass is 522 g/mol. The highest BCUT2D eigenvalue weighted by atomic mass is 19.4. The molecule has 9 nitrogen and oxygen atoms in total. The summed E-state index contributed by atoms with van der Waals surface area (Å²) in [7, 11) is 1.92. The number of aliphatic hydroxyl groups excluding tert-OH is 1. The summed E-state index contributed by atoms with van der Waals surface area (Å²) in [6.45, 7) is 0.970. The Bertz CT molecular complexity index is 1180. The minimum Gasteiger partial charge on any atom is -0.490 e. The summed E-state index contributed by atoms with van der Waals surface area (Å²) in [5.41, 5.74) is 2.51. The van der Waals surface area contributed by atoms with Crippen LogP contribution >= 0.6 is 0 Å². The fourth-order valence-corrected chi connectivity index (χ4v) is 5.02. The third kappa shape index (κ3) is 6.19. The number of rotatable bonds is 8. The molecule has 3 heterocycles. The van der Waals surface area contributed by atoms with E-state index in [1.165, 1.54) is 0 Å². The summed E-state index contributed by atoms with van der Waals surface area (Å²) in [4.78, 5) is 4.54. The van der Waals surface area contributed by atoms with Gasteiger partial charge in [0.1, 0.15) is 11.3 Å². The normalized spacial score (nSPS) is 23.8. The molecule has 0 unspecified atom stereocenters. The van der Waals surface area contributed by atoms with Gasteiger partial charge in [0.15, 0.2) is 11.9 Å². The van der Waals surface area contributed by atoms with E-state index in [0.29, 0.717) is 43.9 Å². The predicted octanol–water partition coefficient (Wildman–Crippen LogP) is 4.07. The molecule has 1 aliphatic heterocycles. The molecule has 3 N–H and O–H groups in total. The second kappa shape index (κ2) is 10.9. The Hall–Kier alpha value is -2.83. The molecule has 1 saturated carbocycles. The Balaban J connectivity index is 1.23. The number of nitrogens with zero attached hydrogens (tertiary/aromatic N) is 4. The zero-order valence-corrected chi connectivity index (χ0v) is 20.7. The average Bonchev–Trinajstić information content (AvgIpc) is 3.50.